The number of aromatic nitrogens is 1. The fourth-order valence-corrected chi connectivity index (χ4v) is 4.13. The molecule has 3 aromatic rings. The molecule has 0 bridgehead atoms. The first kappa shape index (κ1) is 18.3. The second-order valence-electron chi connectivity index (χ2n) is 7.34. The molecule has 0 radical (unpaired) electrons. The van der Waals surface area contributed by atoms with Gasteiger partial charge in [-0.3, -0.25) is 4.79 Å². The summed E-state index contributed by atoms with van der Waals surface area (Å²) in [4.78, 5) is 14.7. The molecule has 0 saturated heterocycles. The van der Waals surface area contributed by atoms with Crippen LogP contribution in [-0.4, -0.2) is 10.8 Å². The van der Waals surface area contributed by atoms with E-state index in [0.717, 1.165) is 11.6 Å². The second kappa shape index (κ2) is 7.16. The number of carbonyl (C=O) groups is 1. The number of ketones is 1. The van der Waals surface area contributed by atoms with E-state index < -0.39 is 11.6 Å². The smallest absolute Gasteiger partial charge is 0.150 e. The monoisotopic (exact) mass is 382 g/mol. The number of hydrogen-bond acceptors (Lipinski definition) is 2. The van der Waals surface area contributed by atoms with Crippen LogP contribution in [0.3, 0.4) is 0 Å². The zero-order valence-corrected chi connectivity index (χ0v) is 14.9. The minimum atomic E-state index is -0.676. The summed E-state index contributed by atoms with van der Waals surface area (Å²) in [6.07, 6.45) is 1.67. The van der Waals surface area contributed by atoms with E-state index >= 15 is 0 Å². The van der Waals surface area contributed by atoms with Crippen molar-refractivity contribution in [1.29, 1.82) is 5.26 Å². The lowest BCUT2D eigenvalue weighted by molar-refractivity contribution is -0.119. The lowest BCUT2D eigenvalue weighted by atomic mass is 9.68. The van der Waals surface area contributed by atoms with Crippen molar-refractivity contribution < 1.29 is 18.0 Å². The number of fused-ring (bicyclic) bond motifs is 1. The highest BCUT2D eigenvalue weighted by Gasteiger charge is 2.35. The molecule has 4 rings (SSSR count). The second-order valence-corrected chi connectivity index (χ2v) is 7.34. The number of aromatic amines is 1. The van der Waals surface area contributed by atoms with Crippen molar-refractivity contribution in [1.82, 2.24) is 4.98 Å². The third-order valence-electron chi connectivity index (χ3n) is 5.43. The molecule has 28 heavy (non-hydrogen) atoms. The molecule has 0 atom stereocenters. The van der Waals surface area contributed by atoms with Crippen molar-refractivity contribution in [2.45, 2.75) is 31.6 Å². The van der Waals surface area contributed by atoms with Gasteiger partial charge < -0.3 is 4.98 Å². The van der Waals surface area contributed by atoms with Crippen molar-refractivity contribution >= 4 is 16.7 Å². The van der Waals surface area contributed by atoms with Crippen molar-refractivity contribution in [3.8, 4) is 17.3 Å². The molecule has 2 aromatic carbocycles. The first-order valence-corrected chi connectivity index (χ1v) is 9.11. The highest BCUT2D eigenvalue weighted by molar-refractivity contribution is 5.92. The third-order valence-corrected chi connectivity index (χ3v) is 5.43. The van der Waals surface area contributed by atoms with Gasteiger partial charge in [-0.1, -0.05) is 0 Å². The van der Waals surface area contributed by atoms with Gasteiger partial charge in [-0.05, 0) is 66.1 Å². The predicted molar refractivity (Wildman–Crippen MR) is 98.9 cm³/mol. The quantitative estimate of drug-likeness (QED) is 0.623. The molecule has 1 aliphatic carbocycles. The summed E-state index contributed by atoms with van der Waals surface area (Å²) in [5, 5.41) is 9.10. The molecule has 1 saturated carbocycles. The minimum absolute atomic E-state index is 0.0369. The highest BCUT2D eigenvalue weighted by atomic mass is 19.1. The molecule has 1 aromatic heterocycles. The Kier molecular flexibility index (Phi) is 4.68. The van der Waals surface area contributed by atoms with Crippen LogP contribution in [0.1, 0.15) is 37.2 Å². The molecule has 6 heteroatoms. The molecule has 142 valence electrons. The largest absolute Gasteiger partial charge is 0.352 e. The van der Waals surface area contributed by atoms with Crippen LogP contribution in [-0.2, 0) is 4.79 Å². The van der Waals surface area contributed by atoms with E-state index in [4.69, 9.17) is 5.26 Å². The van der Waals surface area contributed by atoms with Gasteiger partial charge in [0, 0.05) is 17.9 Å². The number of benzene rings is 2. The summed E-state index contributed by atoms with van der Waals surface area (Å²) in [5.74, 6) is -1.59. The van der Waals surface area contributed by atoms with Crippen LogP contribution in [0.5, 0.6) is 0 Å². The summed E-state index contributed by atoms with van der Waals surface area (Å²) in [6, 6.07) is 9.86. The molecular weight excluding hydrogens is 365 g/mol. The molecule has 1 aliphatic rings. The zero-order valence-electron chi connectivity index (χ0n) is 14.9. The molecule has 0 unspecified atom stereocenters. The molecule has 0 aliphatic heterocycles. The Balaban J connectivity index is 1.72. The van der Waals surface area contributed by atoms with Crippen LogP contribution in [0.4, 0.5) is 13.2 Å². The third kappa shape index (κ3) is 3.29. The molecular formula is C22H17F3N2O. The van der Waals surface area contributed by atoms with Gasteiger partial charge in [-0.15, -0.1) is 0 Å². The van der Waals surface area contributed by atoms with E-state index in [-0.39, 0.29) is 35.4 Å². The molecule has 1 fully saturated rings. The van der Waals surface area contributed by atoms with Gasteiger partial charge in [0.15, 0.2) is 0 Å². The van der Waals surface area contributed by atoms with E-state index in [1.807, 2.05) is 6.07 Å². The summed E-state index contributed by atoms with van der Waals surface area (Å²) in [5.41, 5.74) is 2.35. The van der Waals surface area contributed by atoms with Crippen LogP contribution in [0.25, 0.3) is 22.2 Å². The number of hydrogen-bond donors (Lipinski definition) is 1. The summed E-state index contributed by atoms with van der Waals surface area (Å²) in [6.45, 7) is 0. The van der Waals surface area contributed by atoms with E-state index in [1.54, 1.807) is 12.1 Å². The molecule has 1 heterocycles. The average Bonchev–Trinajstić information content (AvgIpc) is 2.98. The Morgan fingerprint density at radius 1 is 1.11 bits per heavy atom. The lowest BCUT2D eigenvalue weighted by Gasteiger charge is -2.35. The zero-order chi connectivity index (χ0) is 19.8. The van der Waals surface area contributed by atoms with Crippen LogP contribution in [0.15, 0.2) is 36.4 Å². The summed E-state index contributed by atoms with van der Waals surface area (Å²) >= 11 is 0. The molecule has 3 nitrogen and oxygen atoms in total. The van der Waals surface area contributed by atoms with Gasteiger partial charge in [0.1, 0.15) is 23.2 Å². The minimum Gasteiger partial charge on any atom is -0.352 e. The Labute approximate surface area is 159 Å². The van der Waals surface area contributed by atoms with E-state index in [2.05, 4.69) is 4.98 Å². The first-order chi connectivity index (χ1) is 13.5. The SMILES string of the molecule is N#CCC(=O)C[C@H]1C[C@H](c2c(-c3ccc(F)cc3)[nH]c3c(F)cc(F)cc32)C1. The van der Waals surface area contributed by atoms with Crippen molar-refractivity contribution in [2.75, 3.05) is 0 Å². The van der Waals surface area contributed by atoms with E-state index in [0.29, 0.717) is 35.9 Å². The van der Waals surface area contributed by atoms with Crippen LogP contribution in [0, 0.1) is 34.7 Å². The van der Waals surface area contributed by atoms with Crippen molar-refractivity contribution in [2.24, 2.45) is 5.92 Å². The van der Waals surface area contributed by atoms with Crippen LogP contribution < -0.4 is 0 Å². The maximum absolute atomic E-state index is 14.3. The Morgan fingerprint density at radius 2 is 1.82 bits per heavy atom. The number of H-pyrrole nitrogens is 1. The number of nitriles is 1. The Bertz CT molecular complexity index is 1090. The molecule has 0 spiro atoms. The summed E-state index contributed by atoms with van der Waals surface area (Å²) < 4.78 is 41.5. The number of Topliss-reactive ketones (excluding diaryl/α,β-unsaturated/α-hetero) is 1. The van der Waals surface area contributed by atoms with E-state index in [1.165, 1.54) is 18.2 Å². The number of rotatable bonds is 5. The number of halogens is 3. The maximum Gasteiger partial charge on any atom is 0.150 e. The number of nitrogens with one attached hydrogen (secondary N) is 1. The Hall–Kier alpha value is -3.07. The number of nitrogens with zero attached hydrogens (tertiary/aromatic N) is 1. The normalized spacial score (nSPS) is 18.6. The van der Waals surface area contributed by atoms with Gasteiger partial charge >= 0.3 is 0 Å². The van der Waals surface area contributed by atoms with Gasteiger partial charge in [0.25, 0.3) is 0 Å². The highest BCUT2D eigenvalue weighted by Crippen LogP contribution is 2.49. The fraction of sp³-hybridized carbons (Fsp3) is 0.273. The maximum atomic E-state index is 14.3. The molecule has 0 amide bonds. The van der Waals surface area contributed by atoms with Crippen molar-refractivity contribution in [3.63, 3.8) is 0 Å². The topological polar surface area (TPSA) is 56.6 Å². The standard InChI is InChI=1S/C22H17F3N2O/c23-15-3-1-13(2-4-15)21-20(14-7-12(8-14)9-17(28)5-6-26)18-10-16(24)11-19(25)22(18)27-21/h1-4,10-12,14,27H,5,7-9H2/t12-,14-. The van der Waals surface area contributed by atoms with Crippen molar-refractivity contribution in [3.05, 3.63) is 59.4 Å². The van der Waals surface area contributed by atoms with Gasteiger partial charge in [-0.2, -0.15) is 5.26 Å². The summed E-state index contributed by atoms with van der Waals surface area (Å²) in [7, 11) is 0. The fourth-order valence-electron chi connectivity index (χ4n) is 4.13. The van der Waals surface area contributed by atoms with Gasteiger partial charge in [0.2, 0.25) is 0 Å². The number of carbonyl (C=O) groups excluding carboxylic acids is 1. The van der Waals surface area contributed by atoms with E-state index in [9.17, 15) is 18.0 Å². The first-order valence-electron chi connectivity index (χ1n) is 9.11. The van der Waals surface area contributed by atoms with Gasteiger partial charge in [0.05, 0.1) is 23.7 Å². The van der Waals surface area contributed by atoms with Crippen LogP contribution >= 0.6 is 0 Å². The molecule has 1 N–H and O–H groups in total. The average molecular weight is 382 g/mol. The van der Waals surface area contributed by atoms with Crippen LogP contribution in [0.2, 0.25) is 0 Å². The lowest BCUT2D eigenvalue weighted by Crippen LogP contribution is -2.24. The Morgan fingerprint density at radius 3 is 2.50 bits per heavy atom. The predicted octanol–water partition coefficient (Wildman–Crippen LogP) is 5.62. The van der Waals surface area contributed by atoms with Gasteiger partial charge in [-0.25, -0.2) is 13.2 Å².